The van der Waals surface area contributed by atoms with Gasteiger partial charge in [0.25, 0.3) is 0 Å². The van der Waals surface area contributed by atoms with Crippen LogP contribution in [0.15, 0.2) is 11.6 Å². The zero-order valence-corrected chi connectivity index (χ0v) is 11.4. The van der Waals surface area contributed by atoms with Crippen LogP contribution in [0.3, 0.4) is 0 Å². The molecule has 0 aliphatic carbocycles. The summed E-state index contributed by atoms with van der Waals surface area (Å²) >= 11 is 5.81. The van der Waals surface area contributed by atoms with Crippen molar-refractivity contribution in [3.8, 4) is 0 Å². The van der Waals surface area contributed by atoms with E-state index in [1.54, 1.807) is 9.80 Å². The molecule has 0 N–H and O–H groups in total. The Hall–Kier alpha value is -1.03. The van der Waals surface area contributed by atoms with Gasteiger partial charge in [-0.1, -0.05) is 25.1 Å². The minimum atomic E-state index is -0.373. The lowest BCUT2D eigenvalue weighted by Gasteiger charge is -2.46. The molecule has 0 radical (unpaired) electrons. The van der Waals surface area contributed by atoms with Crippen molar-refractivity contribution in [1.29, 1.82) is 0 Å². The summed E-state index contributed by atoms with van der Waals surface area (Å²) in [7, 11) is 0. The van der Waals surface area contributed by atoms with E-state index in [1.807, 2.05) is 6.92 Å². The molecular weight excluding hydrogens is 252 g/mol. The van der Waals surface area contributed by atoms with Crippen molar-refractivity contribution in [1.82, 2.24) is 9.80 Å². The van der Waals surface area contributed by atoms with E-state index in [1.165, 1.54) is 0 Å². The van der Waals surface area contributed by atoms with Crippen LogP contribution in [0.2, 0.25) is 0 Å². The van der Waals surface area contributed by atoms with Crippen molar-refractivity contribution in [2.24, 2.45) is 0 Å². The van der Waals surface area contributed by atoms with Crippen LogP contribution in [-0.4, -0.2) is 46.8 Å². The molecule has 2 unspecified atom stereocenters. The van der Waals surface area contributed by atoms with Gasteiger partial charge in [-0.05, 0) is 25.7 Å². The number of piperidine rings is 1. The zero-order chi connectivity index (χ0) is 13.3. The number of carbonyl (C=O) groups is 2. The molecule has 2 aliphatic heterocycles. The molecule has 18 heavy (non-hydrogen) atoms. The summed E-state index contributed by atoms with van der Waals surface area (Å²) in [6.45, 7) is 6.53. The highest BCUT2D eigenvalue weighted by Crippen LogP contribution is 2.28. The van der Waals surface area contributed by atoms with E-state index in [0.29, 0.717) is 18.0 Å². The molecule has 2 atom stereocenters. The first kappa shape index (κ1) is 13.4. The topological polar surface area (TPSA) is 40.6 Å². The van der Waals surface area contributed by atoms with Crippen LogP contribution >= 0.6 is 11.6 Å². The molecule has 100 valence electrons. The van der Waals surface area contributed by atoms with Gasteiger partial charge in [0.05, 0.1) is 6.54 Å². The van der Waals surface area contributed by atoms with Crippen LogP contribution < -0.4 is 0 Å². The van der Waals surface area contributed by atoms with Crippen molar-refractivity contribution < 1.29 is 9.59 Å². The zero-order valence-electron chi connectivity index (χ0n) is 10.7. The number of piperazine rings is 1. The summed E-state index contributed by atoms with van der Waals surface area (Å²) in [6, 6.07) is -0.646. The van der Waals surface area contributed by atoms with Crippen LogP contribution in [0.4, 0.5) is 0 Å². The Morgan fingerprint density at radius 1 is 1.39 bits per heavy atom. The highest BCUT2D eigenvalue weighted by molar-refractivity contribution is 6.29. The first-order valence-corrected chi connectivity index (χ1v) is 6.88. The molecule has 2 fully saturated rings. The van der Waals surface area contributed by atoms with Crippen LogP contribution in [-0.2, 0) is 9.59 Å². The number of rotatable bonds is 3. The molecule has 2 saturated heterocycles. The molecule has 0 aromatic rings. The molecule has 0 aromatic heterocycles. The summed E-state index contributed by atoms with van der Waals surface area (Å²) in [5, 5.41) is 0.402. The molecule has 2 aliphatic rings. The lowest BCUT2D eigenvalue weighted by Crippen LogP contribution is -2.65. The third-order valence-electron chi connectivity index (χ3n) is 3.74. The van der Waals surface area contributed by atoms with Crippen LogP contribution in [0.1, 0.15) is 32.6 Å². The summed E-state index contributed by atoms with van der Waals surface area (Å²) in [6.07, 6.45) is 3.39. The number of nitrogens with zero attached hydrogens (tertiary/aromatic N) is 2. The Balaban J connectivity index is 2.26. The Bertz CT molecular complexity index is 383. The predicted molar refractivity (Wildman–Crippen MR) is 70.1 cm³/mol. The van der Waals surface area contributed by atoms with Gasteiger partial charge < -0.3 is 9.80 Å². The van der Waals surface area contributed by atoms with Crippen LogP contribution in [0.5, 0.6) is 0 Å². The molecule has 2 heterocycles. The third kappa shape index (κ3) is 2.26. The standard InChI is InChI=1S/C13H19ClN2O2/c1-3-10-12(17)15-7-5-4-6-11(15)13(18)16(10)8-9(2)14/h10-11H,2-8H2,1H3. The predicted octanol–water partition coefficient (Wildman–Crippen LogP) is 1.74. The molecule has 4 nitrogen and oxygen atoms in total. The van der Waals surface area contributed by atoms with E-state index in [0.717, 1.165) is 19.3 Å². The maximum absolute atomic E-state index is 12.4. The van der Waals surface area contributed by atoms with Gasteiger partial charge in [0.1, 0.15) is 12.1 Å². The fraction of sp³-hybridized carbons (Fsp3) is 0.692. The second-order valence-electron chi connectivity index (χ2n) is 4.95. The molecule has 0 spiro atoms. The van der Waals surface area contributed by atoms with Crippen molar-refractivity contribution in [3.05, 3.63) is 11.6 Å². The van der Waals surface area contributed by atoms with E-state index in [9.17, 15) is 9.59 Å². The molecule has 0 aromatic carbocycles. The normalized spacial score (nSPS) is 28.3. The molecular formula is C13H19ClN2O2. The molecule has 5 heteroatoms. The Morgan fingerprint density at radius 3 is 2.72 bits per heavy atom. The lowest BCUT2D eigenvalue weighted by molar-refractivity contribution is -0.163. The largest absolute Gasteiger partial charge is 0.329 e. The van der Waals surface area contributed by atoms with E-state index in [2.05, 4.69) is 6.58 Å². The van der Waals surface area contributed by atoms with Crippen LogP contribution in [0, 0.1) is 0 Å². The molecule has 0 bridgehead atoms. The summed E-state index contributed by atoms with van der Waals surface area (Å²) in [4.78, 5) is 28.2. The van der Waals surface area contributed by atoms with Gasteiger partial charge in [0.15, 0.2) is 0 Å². The Labute approximate surface area is 113 Å². The molecule has 2 rings (SSSR count). The number of hydrogen-bond donors (Lipinski definition) is 0. The average Bonchev–Trinajstić information content (AvgIpc) is 2.36. The second-order valence-corrected chi connectivity index (χ2v) is 5.49. The maximum atomic E-state index is 12.4. The quantitative estimate of drug-likeness (QED) is 0.784. The van der Waals surface area contributed by atoms with Crippen molar-refractivity contribution in [2.45, 2.75) is 44.7 Å². The minimum Gasteiger partial charge on any atom is -0.329 e. The summed E-state index contributed by atoms with van der Waals surface area (Å²) < 4.78 is 0. The SMILES string of the molecule is C=C(Cl)CN1C(=O)C2CCCCN2C(=O)C1CC. The summed E-state index contributed by atoms with van der Waals surface area (Å²) in [5.74, 6) is 0.0997. The fourth-order valence-electron chi connectivity index (χ4n) is 2.89. The number of fused-ring (bicyclic) bond motifs is 1. The number of halogens is 1. The maximum Gasteiger partial charge on any atom is 0.246 e. The van der Waals surface area contributed by atoms with E-state index in [-0.39, 0.29) is 30.4 Å². The van der Waals surface area contributed by atoms with Crippen molar-refractivity contribution in [3.63, 3.8) is 0 Å². The molecule has 0 saturated carbocycles. The van der Waals surface area contributed by atoms with Crippen molar-refractivity contribution >= 4 is 23.4 Å². The first-order valence-electron chi connectivity index (χ1n) is 6.50. The van der Waals surface area contributed by atoms with E-state index in [4.69, 9.17) is 11.6 Å². The second kappa shape index (κ2) is 5.31. The highest BCUT2D eigenvalue weighted by Gasteiger charge is 2.45. The first-order chi connectivity index (χ1) is 8.56. The smallest absolute Gasteiger partial charge is 0.246 e. The Kier molecular flexibility index (Phi) is 3.95. The van der Waals surface area contributed by atoms with Gasteiger partial charge in [-0.25, -0.2) is 0 Å². The average molecular weight is 271 g/mol. The van der Waals surface area contributed by atoms with E-state index >= 15 is 0 Å². The van der Waals surface area contributed by atoms with E-state index < -0.39 is 0 Å². The van der Waals surface area contributed by atoms with Gasteiger partial charge in [-0.3, -0.25) is 9.59 Å². The number of amides is 2. The minimum absolute atomic E-state index is 0.0305. The number of carbonyl (C=O) groups excluding carboxylic acids is 2. The highest BCUT2D eigenvalue weighted by atomic mass is 35.5. The van der Waals surface area contributed by atoms with Crippen LogP contribution in [0.25, 0.3) is 0 Å². The van der Waals surface area contributed by atoms with Gasteiger partial charge in [0.2, 0.25) is 11.8 Å². The van der Waals surface area contributed by atoms with Gasteiger partial charge in [0, 0.05) is 11.6 Å². The third-order valence-corrected chi connectivity index (χ3v) is 3.86. The number of hydrogen-bond acceptors (Lipinski definition) is 2. The summed E-state index contributed by atoms with van der Waals surface area (Å²) in [5.41, 5.74) is 0. The van der Waals surface area contributed by atoms with Gasteiger partial charge >= 0.3 is 0 Å². The van der Waals surface area contributed by atoms with Crippen molar-refractivity contribution in [2.75, 3.05) is 13.1 Å². The molecule has 2 amide bonds. The monoisotopic (exact) mass is 270 g/mol. The Morgan fingerprint density at radius 2 is 2.11 bits per heavy atom. The van der Waals surface area contributed by atoms with Gasteiger partial charge in [-0.2, -0.15) is 0 Å². The lowest BCUT2D eigenvalue weighted by atomic mass is 9.94. The fourth-order valence-corrected chi connectivity index (χ4v) is 3.02. The van der Waals surface area contributed by atoms with Gasteiger partial charge in [-0.15, -0.1) is 0 Å².